The Labute approximate surface area is 186 Å². The predicted octanol–water partition coefficient (Wildman–Crippen LogP) is 5.29. The van der Waals surface area contributed by atoms with E-state index in [1.807, 2.05) is 65.2 Å². The Hall–Kier alpha value is -3.86. The average Bonchev–Trinajstić information content (AvgIpc) is 3.55. The number of hydrogen-bond donors (Lipinski definition) is 0. The van der Waals surface area contributed by atoms with E-state index in [9.17, 15) is 4.79 Å². The van der Waals surface area contributed by atoms with Crippen LogP contribution in [-0.4, -0.2) is 34.7 Å². The van der Waals surface area contributed by atoms with Gasteiger partial charge in [0, 0.05) is 18.2 Å². The third-order valence-electron chi connectivity index (χ3n) is 6.82. The molecule has 1 aliphatic carbocycles. The Morgan fingerprint density at radius 1 is 0.875 bits per heavy atom. The summed E-state index contributed by atoms with van der Waals surface area (Å²) in [6, 6.07) is 26.4. The molecule has 1 spiro atoms. The minimum Gasteiger partial charge on any atom is -0.497 e. The number of ether oxygens (including phenoxy) is 1. The molecule has 32 heavy (non-hydrogen) atoms. The zero-order valence-electron chi connectivity index (χ0n) is 18.1. The number of methoxy groups -OCH3 is 1. The SMILES string of the molecule is COc1ccc(-c2ccc3c(c2)-n2nc(-c4ccccc4)cc2C(=O)N(C)C32CC2)cc1. The molecule has 0 bridgehead atoms. The maximum absolute atomic E-state index is 13.5. The number of hydrogen-bond acceptors (Lipinski definition) is 3. The largest absolute Gasteiger partial charge is 0.497 e. The summed E-state index contributed by atoms with van der Waals surface area (Å²) in [7, 11) is 3.59. The summed E-state index contributed by atoms with van der Waals surface area (Å²) in [6.45, 7) is 0. The molecule has 2 aliphatic rings. The van der Waals surface area contributed by atoms with Gasteiger partial charge in [-0.3, -0.25) is 4.79 Å². The normalized spacial score (nSPS) is 15.8. The summed E-state index contributed by atoms with van der Waals surface area (Å²) >= 11 is 0. The van der Waals surface area contributed by atoms with Crippen LogP contribution in [0.15, 0.2) is 78.9 Å². The topological polar surface area (TPSA) is 47.4 Å². The fraction of sp³-hybridized carbons (Fsp3) is 0.185. The third kappa shape index (κ3) is 2.71. The molecule has 0 unspecified atom stereocenters. The van der Waals surface area contributed by atoms with Gasteiger partial charge in [0.1, 0.15) is 11.4 Å². The highest BCUT2D eigenvalue weighted by molar-refractivity contribution is 5.96. The van der Waals surface area contributed by atoms with Gasteiger partial charge in [0.15, 0.2) is 0 Å². The molecule has 158 valence electrons. The molecule has 6 rings (SSSR count). The van der Waals surface area contributed by atoms with Gasteiger partial charge in [-0.1, -0.05) is 54.6 Å². The first-order chi connectivity index (χ1) is 15.6. The van der Waals surface area contributed by atoms with Gasteiger partial charge in [-0.2, -0.15) is 5.10 Å². The zero-order valence-corrected chi connectivity index (χ0v) is 18.1. The number of rotatable bonds is 3. The van der Waals surface area contributed by atoms with E-state index in [-0.39, 0.29) is 11.4 Å². The van der Waals surface area contributed by atoms with Crippen LogP contribution in [0.4, 0.5) is 0 Å². The Morgan fingerprint density at radius 2 is 1.59 bits per heavy atom. The third-order valence-corrected chi connectivity index (χ3v) is 6.82. The second-order valence-electron chi connectivity index (χ2n) is 8.55. The number of carbonyl (C=O) groups is 1. The molecule has 0 radical (unpaired) electrons. The molecule has 5 nitrogen and oxygen atoms in total. The van der Waals surface area contributed by atoms with Crippen molar-refractivity contribution in [1.29, 1.82) is 0 Å². The molecule has 1 fully saturated rings. The van der Waals surface area contributed by atoms with Gasteiger partial charge in [0.05, 0.1) is 24.0 Å². The number of amides is 1. The van der Waals surface area contributed by atoms with Crippen molar-refractivity contribution in [2.75, 3.05) is 14.2 Å². The van der Waals surface area contributed by atoms with Gasteiger partial charge < -0.3 is 9.64 Å². The lowest BCUT2D eigenvalue weighted by atomic mass is 9.96. The van der Waals surface area contributed by atoms with Crippen molar-refractivity contribution < 1.29 is 9.53 Å². The van der Waals surface area contributed by atoms with Crippen molar-refractivity contribution in [1.82, 2.24) is 14.7 Å². The van der Waals surface area contributed by atoms with Crippen molar-refractivity contribution in [2.24, 2.45) is 0 Å². The van der Waals surface area contributed by atoms with Crippen LogP contribution in [0.2, 0.25) is 0 Å². The molecule has 1 saturated carbocycles. The second-order valence-corrected chi connectivity index (χ2v) is 8.55. The second kappa shape index (κ2) is 6.82. The van der Waals surface area contributed by atoms with Crippen LogP contribution >= 0.6 is 0 Å². The van der Waals surface area contributed by atoms with Crippen molar-refractivity contribution in [3.63, 3.8) is 0 Å². The molecule has 1 aromatic heterocycles. The van der Waals surface area contributed by atoms with E-state index in [0.717, 1.165) is 52.2 Å². The molecule has 4 aromatic rings. The van der Waals surface area contributed by atoms with E-state index in [2.05, 4.69) is 30.3 Å². The minimum absolute atomic E-state index is 0.0133. The van der Waals surface area contributed by atoms with Gasteiger partial charge in [0.2, 0.25) is 0 Å². The smallest absolute Gasteiger partial charge is 0.273 e. The van der Waals surface area contributed by atoms with E-state index in [1.165, 1.54) is 0 Å². The molecule has 1 aliphatic heterocycles. The number of aromatic nitrogens is 2. The molecule has 0 atom stereocenters. The van der Waals surface area contributed by atoms with Gasteiger partial charge in [-0.05, 0) is 48.2 Å². The van der Waals surface area contributed by atoms with Gasteiger partial charge in [0.25, 0.3) is 5.91 Å². The first-order valence-electron chi connectivity index (χ1n) is 10.8. The molecular formula is C27H23N3O2. The monoisotopic (exact) mass is 421 g/mol. The van der Waals surface area contributed by atoms with Crippen LogP contribution < -0.4 is 4.74 Å². The molecule has 0 N–H and O–H groups in total. The van der Waals surface area contributed by atoms with Crippen molar-refractivity contribution in [2.45, 2.75) is 18.4 Å². The summed E-state index contributed by atoms with van der Waals surface area (Å²) in [6.07, 6.45) is 1.95. The summed E-state index contributed by atoms with van der Waals surface area (Å²) in [4.78, 5) is 15.4. The van der Waals surface area contributed by atoms with E-state index >= 15 is 0 Å². The van der Waals surface area contributed by atoms with E-state index < -0.39 is 0 Å². The molecule has 1 amide bonds. The van der Waals surface area contributed by atoms with Crippen molar-refractivity contribution in [3.05, 3.63) is 90.1 Å². The first kappa shape index (κ1) is 18.9. The van der Waals surface area contributed by atoms with E-state index in [4.69, 9.17) is 9.84 Å². The Balaban J connectivity index is 1.56. The summed E-state index contributed by atoms with van der Waals surface area (Å²) < 4.78 is 7.15. The fourth-order valence-electron chi connectivity index (χ4n) is 4.80. The maximum atomic E-state index is 13.5. The van der Waals surface area contributed by atoms with Crippen molar-refractivity contribution >= 4 is 5.91 Å². The predicted molar refractivity (Wildman–Crippen MR) is 124 cm³/mol. The fourth-order valence-corrected chi connectivity index (χ4v) is 4.80. The maximum Gasteiger partial charge on any atom is 0.273 e. The first-order valence-corrected chi connectivity index (χ1v) is 10.8. The van der Waals surface area contributed by atoms with E-state index in [0.29, 0.717) is 5.69 Å². The summed E-state index contributed by atoms with van der Waals surface area (Å²) in [5.74, 6) is 0.842. The highest BCUT2D eigenvalue weighted by Crippen LogP contribution is 2.54. The number of benzene rings is 3. The highest BCUT2D eigenvalue weighted by Gasteiger charge is 2.53. The Kier molecular flexibility index (Phi) is 4.02. The van der Waals surface area contributed by atoms with Crippen LogP contribution in [0.3, 0.4) is 0 Å². The van der Waals surface area contributed by atoms with Crippen molar-refractivity contribution in [3.8, 4) is 33.8 Å². The van der Waals surface area contributed by atoms with Crippen LogP contribution in [0.5, 0.6) is 5.75 Å². The van der Waals surface area contributed by atoms with Gasteiger partial charge in [-0.25, -0.2) is 4.68 Å². The molecular weight excluding hydrogens is 398 g/mol. The molecule has 5 heteroatoms. The lowest BCUT2D eigenvalue weighted by Crippen LogP contribution is -2.36. The average molecular weight is 422 g/mol. The highest BCUT2D eigenvalue weighted by atomic mass is 16.5. The van der Waals surface area contributed by atoms with Crippen LogP contribution in [0.1, 0.15) is 28.9 Å². The minimum atomic E-state index is -0.238. The number of carbonyl (C=O) groups excluding carboxylic acids is 1. The molecule has 2 heterocycles. The zero-order chi connectivity index (χ0) is 21.9. The lowest BCUT2D eigenvalue weighted by Gasteiger charge is -2.27. The lowest BCUT2D eigenvalue weighted by molar-refractivity contribution is 0.0704. The molecule has 0 saturated heterocycles. The number of nitrogens with zero attached hydrogens (tertiary/aromatic N) is 3. The number of fused-ring (bicyclic) bond motifs is 4. The Bertz CT molecular complexity index is 1340. The summed E-state index contributed by atoms with van der Waals surface area (Å²) in [5.41, 5.74) is 6.48. The molecule has 3 aromatic carbocycles. The quantitative estimate of drug-likeness (QED) is 0.452. The van der Waals surface area contributed by atoms with Crippen LogP contribution in [0.25, 0.3) is 28.1 Å². The van der Waals surface area contributed by atoms with E-state index in [1.54, 1.807) is 7.11 Å². The van der Waals surface area contributed by atoms with Crippen LogP contribution in [-0.2, 0) is 5.54 Å². The summed E-state index contributed by atoms with van der Waals surface area (Å²) in [5, 5.41) is 4.91. The Morgan fingerprint density at radius 3 is 2.28 bits per heavy atom. The van der Waals surface area contributed by atoms with Gasteiger partial charge >= 0.3 is 0 Å². The van der Waals surface area contributed by atoms with Crippen LogP contribution in [0, 0.1) is 0 Å². The standard InChI is InChI=1S/C27H23N3O2/c1-29-26(31)25-17-23(19-6-4-3-5-7-19)28-30(25)24-16-20(10-13-22(24)27(29)14-15-27)18-8-11-21(32-2)12-9-18/h3-13,16-17H,14-15H2,1-2H3. The van der Waals surface area contributed by atoms with Gasteiger partial charge in [-0.15, -0.1) is 0 Å².